The van der Waals surface area contributed by atoms with E-state index in [0.717, 1.165) is 0 Å². The second kappa shape index (κ2) is 344. The van der Waals surface area contributed by atoms with Crippen LogP contribution in [0.2, 0.25) is 0 Å². The summed E-state index contributed by atoms with van der Waals surface area (Å²) in [6.45, 7) is 0. The molecule has 0 amide bonds. The van der Waals surface area contributed by atoms with Crippen molar-refractivity contribution in [1.82, 2.24) is 0 Å². The van der Waals surface area contributed by atoms with E-state index in [0.29, 0.717) is 0 Å². The van der Waals surface area contributed by atoms with Crippen molar-refractivity contribution in [3.05, 3.63) is 0 Å². The van der Waals surface area contributed by atoms with Crippen LogP contribution < -0.4 is 0 Å². The van der Waals surface area contributed by atoms with Gasteiger partial charge in [-0.2, -0.15) is 0 Å². The Morgan fingerprint density at radius 1 is 0.273 bits per heavy atom. The maximum Gasteiger partial charge on any atom is 4.00 e. The summed E-state index contributed by atoms with van der Waals surface area (Å²) in [7, 11) is 0. The van der Waals surface area contributed by atoms with Gasteiger partial charge < -0.3 is 43.8 Å². The second-order valence-corrected chi connectivity index (χ2v) is 0. The van der Waals surface area contributed by atoms with Gasteiger partial charge in [-0.05, 0) is 0 Å². The Morgan fingerprint density at radius 3 is 0.273 bits per heavy atom. The summed E-state index contributed by atoms with van der Waals surface area (Å²) < 4.78 is 0. The standard InChI is InChI=1S/4H2O.4O.3Sn/h4*1H2;;;;;;;/q;;;;4*-2;3*+4/p-4. The molecule has 0 saturated heterocycles. The molecule has 0 aromatic rings. The maximum absolute atomic E-state index is 0. The summed E-state index contributed by atoms with van der Waals surface area (Å²) >= 11 is 0. The van der Waals surface area contributed by atoms with Crippen molar-refractivity contribution in [1.29, 1.82) is 0 Å². The summed E-state index contributed by atoms with van der Waals surface area (Å²) in [5.74, 6) is 0. The van der Waals surface area contributed by atoms with Gasteiger partial charge in [-0.25, -0.2) is 0 Å². The zero-order valence-corrected chi connectivity index (χ0v) is 13.5. The van der Waals surface area contributed by atoms with Crippen molar-refractivity contribution >= 4 is 71.7 Å². The zero-order chi connectivity index (χ0) is 0. The van der Waals surface area contributed by atoms with Gasteiger partial charge in [0.05, 0.1) is 0 Å². The van der Waals surface area contributed by atoms with Gasteiger partial charge in [-0.15, -0.1) is 0 Å². The molecule has 0 rings (SSSR count). The molecule has 0 aliphatic rings. The molecule has 11 heavy (non-hydrogen) atoms. The Bertz CT molecular complexity index is 9.30. The molecule has 0 spiro atoms. The third-order valence-corrected chi connectivity index (χ3v) is 0. The minimum Gasteiger partial charge on any atom is -2.00 e. The van der Waals surface area contributed by atoms with Gasteiger partial charge in [0.15, 0.2) is 0 Å². The van der Waals surface area contributed by atoms with Crippen LogP contribution in [0, 0.1) is 0 Å². The fourth-order valence-corrected chi connectivity index (χ4v) is 0. The number of hydrogen-bond donors (Lipinski definition) is 0. The maximum atomic E-state index is 0. The van der Waals surface area contributed by atoms with E-state index in [1.807, 2.05) is 0 Å². The first kappa shape index (κ1) is 442. The van der Waals surface area contributed by atoms with E-state index < -0.39 is 0 Å². The van der Waals surface area contributed by atoms with Crippen LogP contribution in [0.5, 0.6) is 0 Å². The molecule has 0 aliphatic carbocycles. The molecule has 11 heteroatoms. The smallest absolute Gasteiger partial charge is 2.00 e. The normalized spacial score (nSPS) is 0. The van der Waals surface area contributed by atoms with Crippen LogP contribution in [0.15, 0.2) is 0 Å². The molecule has 0 aliphatic heterocycles. The molecule has 0 aromatic heterocycles. The molecule has 0 unspecified atom stereocenters. The Kier molecular flexibility index (Phi) is 13800. The van der Waals surface area contributed by atoms with Gasteiger partial charge in [0.2, 0.25) is 0 Å². The Balaban J connectivity index is 0. The molecule has 0 radical (unpaired) electrons. The fourth-order valence-electron chi connectivity index (χ4n) is 0. The number of hydrogen-bond acceptors (Lipinski definition) is 4. The first-order valence-corrected chi connectivity index (χ1v) is 0. The van der Waals surface area contributed by atoms with Crippen LogP contribution in [-0.2, 0) is 21.9 Å². The summed E-state index contributed by atoms with van der Waals surface area (Å²) in [6.07, 6.45) is 0. The van der Waals surface area contributed by atoms with Crippen molar-refractivity contribution in [3.63, 3.8) is 0 Å². The fraction of sp³-hybridized carbons (Fsp3) is 0. The van der Waals surface area contributed by atoms with E-state index in [1.165, 1.54) is 0 Å². The van der Waals surface area contributed by atoms with Gasteiger partial charge in [0.1, 0.15) is 0 Å². The topological polar surface area (TPSA) is 234 Å². The summed E-state index contributed by atoms with van der Waals surface area (Å²) in [5.41, 5.74) is 0. The van der Waals surface area contributed by atoms with Crippen molar-refractivity contribution in [2.24, 2.45) is 0 Å². The predicted octanol–water partition coefficient (Wildman–Crippen LogP) is -2.32. The third-order valence-electron chi connectivity index (χ3n) is 0. The van der Waals surface area contributed by atoms with Crippen LogP contribution in [0.25, 0.3) is 0 Å². The molecule has 4 N–H and O–H groups in total. The minimum atomic E-state index is 0. The summed E-state index contributed by atoms with van der Waals surface area (Å²) in [5, 5.41) is 0. The third kappa shape index (κ3) is 284. The van der Waals surface area contributed by atoms with E-state index in [9.17, 15) is 0 Å². The Hall–Kier alpha value is 2.08. The SMILES string of the molecule is [O-2].[O-2].[O-2].[O-2].[OH-].[OH-].[OH-].[OH-].[Sn+4].[Sn+4].[Sn+4]. The van der Waals surface area contributed by atoms with E-state index in [4.69, 9.17) is 0 Å². The first-order chi connectivity index (χ1) is 0. The van der Waals surface area contributed by atoms with E-state index in [1.54, 1.807) is 0 Å². The molecule has 0 atom stereocenters. The van der Waals surface area contributed by atoms with Gasteiger partial charge in [0, 0.05) is 0 Å². The molecule has 0 heterocycles. The predicted molar refractivity (Wildman–Crippen MR) is 27.8 cm³/mol. The van der Waals surface area contributed by atoms with Crippen LogP contribution >= 0.6 is 0 Å². The van der Waals surface area contributed by atoms with Crippen LogP contribution in [0.1, 0.15) is 0 Å². The average Bonchev–Trinajstić information content (AvgIpc) is 0. The monoisotopic (exact) mass is 492 g/mol. The minimum absolute atomic E-state index is 0. The molecule has 0 fully saturated rings. The molecule has 64 valence electrons. The first-order valence-electron chi connectivity index (χ1n) is 0. The number of rotatable bonds is 0. The second-order valence-electron chi connectivity index (χ2n) is 0. The van der Waals surface area contributed by atoms with Crippen LogP contribution in [-0.4, -0.2) is 93.6 Å². The Labute approximate surface area is 114 Å². The quantitative estimate of drug-likeness (QED) is 0.341. The molecule has 8 nitrogen and oxygen atoms in total. The molecular formula is H4O8Sn3. The largest absolute Gasteiger partial charge is 4.00 e. The van der Waals surface area contributed by atoms with Crippen molar-refractivity contribution in [2.45, 2.75) is 0 Å². The van der Waals surface area contributed by atoms with E-state index in [-0.39, 0.29) is 116 Å². The zero-order valence-electron chi connectivity index (χ0n) is 4.92. The van der Waals surface area contributed by atoms with E-state index in [2.05, 4.69) is 0 Å². The van der Waals surface area contributed by atoms with Gasteiger partial charge >= 0.3 is 71.7 Å². The molecular weight excluding hydrogens is 484 g/mol. The van der Waals surface area contributed by atoms with Crippen molar-refractivity contribution < 1.29 is 43.8 Å². The average molecular weight is 488 g/mol. The molecule has 0 saturated carbocycles. The van der Waals surface area contributed by atoms with E-state index >= 15 is 0 Å². The van der Waals surface area contributed by atoms with Gasteiger partial charge in [-0.3, -0.25) is 0 Å². The summed E-state index contributed by atoms with van der Waals surface area (Å²) in [4.78, 5) is 0. The Morgan fingerprint density at radius 2 is 0.273 bits per heavy atom. The van der Waals surface area contributed by atoms with Gasteiger partial charge in [-0.1, -0.05) is 0 Å². The van der Waals surface area contributed by atoms with Crippen molar-refractivity contribution in [2.75, 3.05) is 0 Å². The van der Waals surface area contributed by atoms with Crippen molar-refractivity contribution in [3.8, 4) is 0 Å². The molecule has 0 aromatic carbocycles. The van der Waals surface area contributed by atoms with Gasteiger partial charge in [0.25, 0.3) is 0 Å². The van der Waals surface area contributed by atoms with Crippen LogP contribution in [0.3, 0.4) is 0 Å². The molecule has 0 bridgehead atoms. The summed E-state index contributed by atoms with van der Waals surface area (Å²) in [6, 6.07) is 0. The van der Waals surface area contributed by atoms with Crippen LogP contribution in [0.4, 0.5) is 0 Å².